The number of nitro benzene ring substituents is 1. The number of halogens is 1. The molecule has 0 saturated carbocycles. The lowest BCUT2D eigenvalue weighted by molar-refractivity contribution is -0.384. The van der Waals surface area contributed by atoms with Gasteiger partial charge in [-0.2, -0.15) is 0 Å². The van der Waals surface area contributed by atoms with Crippen LogP contribution < -0.4 is 0 Å². The number of carbonyl (C=O) groups is 1. The van der Waals surface area contributed by atoms with E-state index in [1.54, 1.807) is 36.4 Å². The molecule has 5 nitrogen and oxygen atoms in total. The molecule has 0 spiro atoms. The zero-order chi connectivity index (χ0) is 17.3. The van der Waals surface area contributed by atoms with Crippen LogP contribution in [0.3, 0.4) is 0 Å². The zero-order valence-electron chi connectivity index (χ0n) is 12.7. The van der Waals surface area contributed by atoms with Crippen molar-refractivity contribution >= 4 is 40.1 Å². The van der Waals surface area contributed by atoms with Crippen LogP contribution in [-0.4, -0.2) is 15.7 Å². The van der Waals surface area contributed by atoms with Crippen LogP contribution in [0.4, 0.5) is 5.69 Å². The van der Waals surface area contributed by atoms with E-state index in [4.69, 9.17) is 11.6 Å². The maximum absolute atomic E-state index is 11.3. The van der Waals surface area contributed by atoms with Crippen molar-refractivity contribution in [2.45, 2.75) is 6.92 Å². The Bertz CT molecular complexity index is 989. The number of ketones is 1. The number of fused-ring (bicyclic) bond motifs is 1. The van der Waals surface area contributed by atoms with E-state index < -0.39 is 4.92 Å². The molecule has 0 unspecified atom stereocenters. The number of para-hydroxylation sites is 1. The monoisotopic (exact) mass is 340 g/mol. The van der Waals surface area contributed by atoms with Gasteiger partial charge in [-0.15, -0.1) is 0 Å². The number of nitrogens with one attached hydrogen (secondary N) is 1. The highest BCUT2D eigenvalue weighted by Crippen LogP contribution is 2.36. The highest BCUT2D eigenvalue weighted by atomic mass is 35.5. The van der Waals surface area contributed by atoms with Crippen LogP contribution in [0.25, 0.3) is 28.2 Å². The number of rotatable bonds is 4. The van der Waals surface area contributed by atoms with Gasteiger partial charge in [-0.25, -0.2) is 0 Å². The highest BCUT2D eigenvalue weighted by Gasteiger charge is 2.19. The predicted molar refractivity (Wildman–Crippen MR) is 95.1 cm³/mol. The van der Waals surface area contributed by atoms with Crippen molar-refractivity contribution in [2.75, 3.05) is 0 Å². The van der Waals surface area contributed by atoms with Crippen molar-refractivity contribution in [1.82, 2.24) is 4.98 Å². The second-order valence-electron chi connectivity index (χ2n) is 5.32. The number of benzene rings is 2. The Morgan fingerprint density at radius 3 is 2.71 bits per heavy atom. The number of H-pyrrole nitrogens is 1. The first kappa shape index (κ1) is 16.0. The maximum atomic E-state index is 11.3. The summed E-state index contributed by atoms with van der Waals surface area (Å²) in [7, 11) is 0. The predicted octanol–water partition coefficient (Wildman–Crippen LogP) is 5.00. The molecule has 1 N–H and O–H groups in total. The summed E-state index contributed by atoms with van der Waals surface area (Å²) in [4.78, 5) is 25.4. The Morgan fingerprint density at radius 1 is 1.25 bits per heavy atom. The average Bonchev–Trinajstić information content (AvgIpc) is 2.90. The number of hydrogen-bond donors (Lipinski definition) is 1. The molecule has 0 saturated heterocycles. The van der Waals surface area contributed by atoms with Crippen LogP contribution in [0, 0.1) is 10.1 Å². The van der Waals surface area contributed by atoms with Gasteiger partial charge in [-0.1, -0.05) is 29.8 Å². The van der Waals surface area contributed by atoms with Crippen molar-refractivity contribution in [3.8, 4) is 11.3 Å². The number of nitro groups is 1. The van der Waals surface area contributed by atoms with E-state index in [0.29, 0.717) is 21.8 Å². The van der Waals surface area contributed by atoms with Crippen molar-refractivity contribution in [2.24, 2.45) is 0 Å². The average molecular weight is 341 g/mol. The van der Waals surface area contributed by atoms with E-state index in [1.807, 2.05) is 6.07 Å². The second kappa shape index (κ2) is 6.29. The van der Waals surface area contributed by atoms with E-state index in [1.165, 1.54) is 19.1 Å². The Hall–Kier alpha value is -2.92. The quantitative estimate of drug-likeness (QED) is 0.412. The number of carbonyl (C=O) groups excluding carboxylic acids is 1. The van der Waals surface area contributed by atoms with Gasteiger partial charge in [0.05, 0.1) is 16.2 Å². The van der Waals surface area contributed by atoms with Gasteiger partial charge >= 0.3 is 0 Å². The molecule has 1 heterocycles. The van der Waals surface area contributed by atoms with Gasteiger partial charge in [0.1, 0.15) is 0 Å². The largest absolute Gasteiger partial charge is 0.354 e. The van der Waals surface area contributed by atoms with Crippen molar-refractivity contribution in [3.05, 3.63) is 69.2 Å². The molecule has 24 heavy (non-hydrogen) atoms. The molecule has 1 aromatic heterocycles. The lowest BCUT2D eigenvalue weighted by Gasteiger charge is -2.02. The SMILES string of the molecule is CC(=O)/C=C/c1c(-c2ccccc2[N+](=O)[O-])[nH]c2cc(Cl)ccc12. The lowest BCUT2D eigenvalue weighted by atomic mass is 10.0. The summed E-state index contributed by atoms with van der Waals surface area (Å²) in [5.74, 6) is -0.105. The van der Waals surface area contributed by atoms with Crippen LogP contribution in [0.1, 0.15) is 12.5 Å². The van der Waals surface area contributed by atoms with Crippen LogP contribution in [0.2, 0.25) is 5.02 Å². The normalized spacial score (nSPS) is 11.2. The Kier molecular flexibility index (Phi) is 4.18. The van der Waals surface area contributed by atoms with Gasteiger partial charge in [-0.05, 0) is 37.3 Å². The molecule has 0 aliphatic rings. The first-order chi connectivity index (χ1) is 11.5. The summed E-state index contributed by atoms with van der Waals surface area (Å²) < 4.78 is 0. The molecule has 6 heteroatoms. The topological polar surface area (TPSA) is 76.0 Å². The minimum Gasteiger partial charge on any atom is -0.354 e. The molecule has 0 fully saturated rings. The molecule has 0 aliphatic heterocycles. The number of aromatic amines is 1. The third-order valence-electron chi connectivity index (χ3n) is 3.66. The summed E-state index contributed by atoms with van der Waals surface area (Å²) in [6.07, 6.45) is 3.11. The highest BCUT2D eigenvalue weighted by molar-refractivity contribution is 6.31. The molecule has 2 aromatic carbocycles. The molecule has 0 amide bonds. The fourth-order valence-electron chi connectivity index (χ4n) is 2.62. The van der Waals surface area contributed by atoms with Crippen molar-refractivity contribution < 1.29 is 9.72 Å². The lowest BCUT2D eigenvalue weighted by Crippen LogP contribution is -1.92. The van der Waals surface area contributed by atoms with E-state index in [0.717, 1.165) is 10.9 Å². The van der Waals surface area contributed by atoms with Gasteiger partial charge in [0, 0.05) is 27.6 Å². The molecule has 3 rings (SSSR count). The second-order valence-corrected chi connectivity index (χ2v) is 5.76. The molecule has 120 valence electrons. The number of allylic oxidation sites excluding steroid dienone is 1. The van der Waals surface area contributed by atoms with Gasteiger partial charge in [0.25, 0.3) is 5.69 Å². The minimum atomic E-state index is -0.424. The molecule has 0 aliphatic carbocycles. The standard InChI is InChI=1S/C18H13ClN2O3/c1-11(22)6-8-14-13-9-7-12(19)10-16(13)20-18(14)15-4-2-3-5-17(15)21(23)24/h2-10,20H,1H3/b8-6+. The first-order valence-corrected chi connectivity index (χ1v) is 7.59. The molecule has 0 atom stereocenters. The first-order valence-electron chi connectivity index (χ1n) is 7.21. The van der Waals surface area contributed by atoms with Gasteiger partial charge in [0.2, 0.25) is 0 Å². The van der Waals surface area contributed by atoms with E-state index >= 15 is 0 Å². The van der Waals surface area contributed by atoms with E-state index in [-0.39, 0.29) is 11.5 Å². The van der Waals surface area contributed by atoms with Gasteiger partial charge < -0.3 is 4.98 Å². The Labute approximate surface area is 142 Å². The minimum absolute atomic E-state index is 0.00683. The Morgan fingerprint density at radius 2 is 2.00 bits per heavy atom. The summed E-state index contributed by atoms with van der Waals surface area (Å²) in [5.41, 5.74) is 2.49. The molecule has 0 bridgehead atoms. The van der Waals surface area contributed by atoms with Crippen LogP contribution in [0.5, 0.6) is 0 Å². The maximum Gasteiger partial charge on any atom is 0.278 e. The Balaban J connectivity index is 2.33. The molecule has 3 aromatic rings. The van der Waals surface area contributed by atoms with E-state index in [2.05, 4.69) is 4.98 Å². The molecular formula is C18H13ClN2O3. The van der Waals surface area contributed by atoms with Gasteiger partial charge in [-0.3, -0.25) is 14.9 Å². The smallest absolute Gasteiger partial charge is 0.278 e. The van der Waals surface area contributed by atoms with Crippen molar-refractivity contribution in [3.63, 3.8) is 0 Å². The third-order valence-corrected chi connectivity index (χ3v) is 3.89. The number of nitrogens with zero attached hydrogens (tertiary/aromatic N) is 1. The summed E-state index contributed by atoms with van der Waals surface area (Å²) in [5, 5.41) is 12.7. The van der Waals surface area contributed by atoms with E-state index in [9.17, 15) is 14.9 Å². The summed E-state index contributed by atoms with van der Waals surface area (Å²) >= 11 is 6.04. The van der Waals surface area contributed by atoms with Crippen LogP contribution in [-0.2, 0) is 4.79 Å². The van der Waals surface area contributed by atoms with Crippen molar-refractivity contribution in [1.29, 1.82) is 0 Å². The summed E-state index contributed by atoms with van der Waals surface area (Å²) in [6, 6.07) is 11.8. The van der Waals surface area contributed by atoms with Gasteiger partial charge in [0.15, 0.2) is 5.78 Å². The number of hydrogen-bond acceptors (Lipinski definition) is 3. The molecular weight excluding hydrogens is 328 g/mol. The fraction of sp³-hybridized carbons (Fsp3) is 0.0556. The number of aromatic nitrogens is 1. The molecule has 0 radical (unpaired) electrons. The fourth-order valence-corrected chi connectivity index (χ4v) is 2.79. The van der Waals surface area contributed by atoms with Crippen LogP contribution >= 0.6 is 11.6 Å². The zero-order valence-corrected chi connectivity index (χ0v) is 13.5. The third kappa shape index (κ3) is 2.94. The summed E-state index contributed by atoms with van der Waals surface area (Å²) in [6.45, 7) is 1.45. The van der Waals surface area contributed by atoms with Crippen LogP contribution in [0.15, 0.2) is 48.5 Å².